The first-order valence-corrected chi connectivity index (χ1v) is 8.79. The first-order valence-electron chi connectivity index (χ1n) is 8.79. The molecular formula is C22H18FN3O3. The average Bonchev–Trinajstić information content (AvgIpc) is 2.73. The largest absolute Gasteiger partial charge is 0.457 e. The minimum atomic E-state index is -0.492. The molecule has 7 heteroatoms. The Hall–Kier alpha value is -4.00. The summed E-state index contributed by atoms with van der Waals surface area (Å²) in [5.41, 5.74) is 3.32. The van der Waals surface area contributed by atoms with Crippen LogP contribution in [0.25, 0.3) is 0 Å². The summed E-state index contributed by atoms with van der Waals surface area (Å²) in [7, 11) is 0. The Bertz CT molecular complexity index is 1010. The zero-order valence-electron chi connectivity index (χ0n) is 15.3. The number of hydrazone groups is 1. The maximum Gasteiger partial charge on any atom is 0.259 e. The van der Waals surface area contributed by atoms with Gasteiger partial charge in [-0.2, -0.15) is 5.10 Å². The molecule has 0 saturated heterocycles. The second-order valence-corrected chi connectivity index (χ2v) is 5.97. The van der Waals surface area contributed by atoms with Crippen LogP contribution in [0.3, 0.4) is 0 Å². The van der Waals surface area contributed by atoms with Gasteiger partial charge in [0.25, 0.3) is 11.8 Å². The lowest BCUT2D eigenvalue weighted by molar-refractivity contribution is -0.120. The Morgan fingerprint density at radius 1 is 0.931 bits per heavy atom. The number of carbonyl (C=O) groups excluding carboxylic acids is 2. The second kappa shape index (κ2) is 9.80. The van der Waals surface area contributed by atoms with Crippen LogP contribution in [-0.4, -0.2) is 24.6 Å². The fraction of sp³-hybridized carbons (Fsp3) is 0.0455. The van der Waals surface area contributed by atoms with Crippen molar-refractivity contribution in [2.45, 2.75) is 0 Å². The van der Waals surface area contributed by atoms with E-state index in [9.17, 15) is 14.0 Å². The van der Waals surface area contributed by atoms with Gasteiger partial charge in [-0.15, -0.1) is 0 Å². The molecule has 6 nitrogen and oxygen atoms in total. The number of hydrogen-bond acceptors (Lipinski definition) is 4. The van der Waals surface area contributed by atoms with Crippen LogP contribution in [0.5, 0.6) is 11.5 Å². The zero-order valence-corrected chi connectivity index (χ0v) is 15.3. The molecule has 0 radical (unpaired) electrons. The highest BCUT2D eigenvalue weighted by Crippen LogP contribution is 2.21. The number of halogens is 1. The van der Waals surface area contributed by atoms with Gasteiger partial charge in [0.05, 0.1) is 12.8 Å². The van der Waals surface area contributed by atoms with Crippen LogP contribution in [0, 0.1) is 5.82 Å². The summed E-state index contributed by atoms with van der Waals surface area (Å²) in [4.78, 5) is 23.7. The lowest BCUT2D eigenvalue weighted by atomic mass is 10.2. The third-order valence-electron chi connectivity index (χ3n) is 3.76. The van der Waals surface area contributed by atoms with Crippen molar-refractivity contribution in [2.24, 2.45) is 5.10 Å². The molecular weight excluding hydrogens is 373 g/mol. The summed E-state index contributed by atoms with van der Waals surface area (Å²) in [6.45, 7) is -0.259. The second-order valence-electron chi connectivity index (χ2n) is 5.97. The lowest BCUT2D eigenvalue weighted by Crippen LogP contribution is -2.34. The fourth-order valence-electron chi connectivity index (χ4n) is 2.37. The van der Waals surface area contributed by atoms with Gasteiger partial charge < -0.3 is 10.1 Å². The van der Waals surface area contributed by atoms with Gasteiger partial charge in [0.2, 0.25) is 0 Å². The highest BCUT2D eigenvalue weighted by molar-refractivity contribution is 5.96. The highest BCUT2D eigenvalue weighted by atomic mass is 19.1. The van der Waals surface area contributed by atoms with Crippen LogP contribution in [0.15, 0.2) is 84.0 Å². The minimum absolute atomic E-state index is 0.259. The van der Waals surface area contributed by atoms with E-state index in [1.807, 2.05) is 48.5 Å². The standard InChI is InChI=1S/C22H18FN3O3/c23-18-11-9-17(10-12-18)22(28)24-15-21(27)26-25-14-16-5-4-8-20(13-16)29-19-6-2-1-3-7-19/h1-14H,15H2,(H,24,28)(H,26,27)/b25-14-. The van der Waals surface area contributed by atoms with Crippen LogP contribution in [-0.2, 0) is 4.79 Å². The number of nitrogens with zero attached hydrogens (tertiary/aromatic N) is 1. The third-order valence-corrected chi connectivity index (χ3v) is 3.76. The predicted octanol–water partition coefficient (Wildman–Crippen LogP) is 3.50. The number of ether oxygens (including phenoxy) is 1. The molecule has 29 heavy (non-hydrogen) atoms. The maximum absolute atomic E-state index is 12.9. The van der Waals surface area contributed by atoms with Crippen molar-refractivity contribution in [3.8, 4) is 11.5 Å². The zero-order chi connectivity index (χ0) is 20.5. The molecule has 0 atom stereocenters. The molecule has 0 aliphatic carbocycles. The average molecular weight is 391 g/mol. The molecule has 0 saturated carbocycles. The Morgan fingerprint density at radius 3 is 2.41 bits per heavy atom. The number of carbonyl (C=O) groups is 2. The molecule has 0 heterocycles. The van der Waals surface area contributed by atoms with Crippen molar-refractivity contribution in [1.29, 1.82) is 0 Å². The van der Waals surface area contributed by atoms with Gasteiger partial charge in [-0.05, 0) is 54.1 Å². The van der Waals surface area contributed by atoms with Crippen molar-refractivity contribution in [3.05, 3.63) is 95.8 Å². The molecule has 0 spiro atoms. The molecule has 3 rings (SSSR count). The van der Waals surface area contributed by atoms with Gasteiger partial charge in [0.1, 0.15) is 17.3 Å². The van der Waals surface area contributed by atoms with Crippen molar-refractivity contribution < 1.29 is 18.7 Å². The number of rotatable bonds is 7. The van der Waals surface area contributed by atoms with Crippen molar-refractivity contribution >= 4 is 18.0 Å². The SMILES string of the molecule is O=C(CNC(=O)c1ccc(F)cc1)N/N=C\c1cccc(Oc2ccccc2)c1. The summed E-state index contributed by atoms with van der Waals surface area (Å²) < 4.78 is 18.6. The molecule has 3 aromatic carbocycles. The quantitative estimate of drug-likeness (QED) is 0.478. The number of para-hydroxylation sites is 1. The molecule has 0 bridgehead atoms. The molecule has 0 aromatic heterocycles. The van der Waals surface area contributed by atoms with E-state index in [1.165, 1.54) is 30.5 Å². The van der Waals surface area contributed by atoms with E-state index in [0.717, 1.165) is 5.56 Å². The number of amides is 2. The first kappa shape index (κ1) is 19.8. The van der Waals surface area contributed by atoms with Crippen molar-refractivity contribution in [2.75, 3.05) is 6.54 Å². The van der Waals surface area contributed by atoms with Gasteiger partial charge in [-0.25, -0.2) is 9.82 Å². The topological polar surface area (TPSA) is 79.8 Å². The number of benzene rings is 3. The Kier molecular flexibility index (Phi) is 6.67. The van der Waals surface area contributed by atoms with Crippen molar-refractivity contribution in [1.82, 2.24) is 10.7 Å². The number of nitrogens with one attached hydrogen (secondary N) is 2. The fourth-order valence-corrected chi connectivity index (χ4v) is 2.37. The summed E-state index contributed by atoms with van der Waals surface area (Å²) in [6, 6.07) is 21.6. The van der Waals surface area contributed by atoms with Crippen LogP contribution < -0.4 is 15.5 Å². The van der Waals surface area contributed by atoms with E-state index in [4.69, 9.17) is 4.74 Å². The molecule has 0 aliphatic heterocycles. The van der Waals surface area contributed by atoms with Gasteiger partial charge in [-0.3, -0.25) is 9.59 Å². The minimum Gasteiger partial charge on any atom is -0.457 e. The van der Waals surface area contributed by atoms with E-state index < -0.39 is 17.6 Å². The summed E-state index contributed by atoms with van der Waals surface area (Å²) in [5.74, 6) is -0.0556. The van der Waals surface area contributed by atoms with Gasteiger partial charge in [-0.1, -0.05) is 30.3 Å². The molecule has 0 unspecified atom stereocenters. The Morgan fingerprint density at radius 2 is 1.66 bits per heavy atom. The van der Waals surface area contributed by atoms with Crippen LogP contribution in [0.1, 0.15) is 15.9 Å². The smallest absolute Gasteiger partial charge is 0.259 e. The predicted molar refractivity (Wildman–Crippen MR) is 107 cm³/mol. The third kappa shape index (κ3) is 6.28. The van der Waals surface area contributed by atoms with Crippen LogP contribution >= 0.6 is 0 Å². The monoisotopic (exact) mass is 391 g/mol. The first-order chi connectivity index (χ1) is 14.1. The van der Waals surface area contributed by atoms with Gasteiger partial charge in [0.15, 0.2) is 0 Å². The molecule has 0 fully saturated rings. The van der Waals surface area contributed by atoms with E-state index in [-0.39, 0.29) is 12.1 Å². The lowest BCUT2D eigenvalue weighted by Gasteiger charge is -2.06. The molecule has 3 aromatic rings. The molecule has 0 aliphatic rings. The van der Waals surface area contributed by atoms with E-state index >= 15 is 0 Å². The van der Waals surface area contributed by atoms with E-state index in [1.54, 1.807) is 6.07 Å². The maximum atomic E-state index is 12.9. The summed E-state index contributed by atoms with van der Waals surface area (Å²) in [5, 5.41) is 6.31. The molecule has 2 amide bonds. The Balaban J connectivity index is 1.48. The van der Waals surface area contributed by atoms with E-state index in [0.29, 0.717) is 11.5 Å². The van der Waals surface area contributed by atoms with Gasteiger partial charge in [0, 0.05) is 5.56 Å². The van der Waals surface area contributed by atoms with Crippen LogP contribution in [0.2, 0.25) is 0 Å². The van der Waals surface area contributed by atoms with Crippen LogP contribution in [0.4, 0.5) is 4.39 Å². The molecule has 2 N–H and O–H groups in total. The highest BCUT2D eigenvalue weighted by Gasteiger charge is 2.07. The normalized spacial score (nSPS) is 10.5. The van der Waals surface area contributed by atoms with Gasteiger partial charge >= 0.3 is 0 Å². The molecule has 146 valence electrons. The van der Waals surface area contributed by atoms with E-state index in [2.05, 4.69) is 15.8 Å². The Labute approximate surface area is 167 Å². The summed E-state index contributed by atoms with van der Waals surface area (Å²) in [6.07, 6.45) is 1.47. The summed E-state index contributed by atoms with van der Waals surface area (Å²) >= 11 is 0. The van der Waals surface area contributed by atoms with Crippen molar-refractivity contribution in [3.63, 3.8) is 0 Å². The number of hydrogen-bond donors (Lipinski definition) is 2.